The van der Waals surface area contributed by atoms with Crippen LogP contribution in [0.1, 0.15) is 19.3 Å². The van der Waals surface area contributed by atoms with E-state index in [2.05, 4.69) is 3.53 Å². The van der Waals surface area contributed by atoms with Gasteiger partial charge in [0.2, 0.25) is 0 Å². The zero-order valence-electron chi connectivity index (χ0n) is 5.77. The summed E-state index contributed by atoms with van der Waals surface area (Å²) in [6.45, 7) is 1.85. The van der Waals surface area contributed by atoms with Crippen molar-refractivity contribution in [2.24, 2.45) is 0 Å². The van der Waals surface area contributed by atoms with Crippen molar-refractivity contribution in [3.8, 4) is 0 Å². The van der Waals surface area contributed by atoms with Crippen LogP contribution in [0, 0.1) is 0 Å². The molecule has 1 fully saturated rings. The van der Waals surface area contributed by atoms with Gasteiger partial charge in [0.1, 0.15) is 0 Å². The molecule has 1 N–H and O–H groups in total. The summed E-state index contributed by atoms with van der Waals surface area (Å²) in [6.07, 6.45) is 3.58. The highest BCUT2D eigenvalue weighted by Gasteiger charge is 2.14. The van der Waals surface area contributed by atoms with Gasteiger partial charge in [-0.15, -0.1) is 0 Å². The van der Waals surface area contributed by atoms with E-state index >= 15 is 0 Å². The number of halogens is 1. The molecule has 1 aliphatic rings. The highest BCUT2D eigenvalue weighted by Crippen LogP contribution is 2.08. The van der Waals surface area contributed by atoms with Crippen LogP contribution >= 0.6 is 22.9 Å². The van der Waals surface area contributed by atoms with Gasteiger partial charge in [-0.3, -0.25) is 3.53 Å². The van der Waals surface area contributed by atoms with Crippen LogP contribution in [0.4, 0.5) is 4.79 Å². The Morgan fingerprint density at radius 2 is 1.90 bits per heavy atom. The van der Waals surface area contributed by atoms with Crippen molar-refractivity contribution in [2.45, 2.75) is 19.3 Å². The Labute approximate surface area is 74.6 Å². The largest absolute Gasteiger partial charge is 0.326 e. The van der Waals surface area contributed by atoms with Gasteiger partial charge in [0, 0.05) is 13.1 Å². The third kappa shape index (κ3) is 2.00. The molecule has 1 heterocycles. The molecule has 0 aromatic carbocycles. The average Bonchev–Trinajstić information content (AvgIpc) is 2.05. The van der Waals surface area contributed by atoms with Gasteiger partial charge in [0.05, 0.1) is 22.9 Å². The molecule has 1 saturated heterocycles. The molecule has 0 atom stereocenters. The first kappa shape index (κ1) is 8.10. The highest BCUT2D eigenvalue weighted by atomic mass is 127. The summed E-state index contributed by atoms with van der Waals surface area (Å²) in [6, 6.07) is 0.0558. The van der Waals surface area contributed by atoms with E-state index in [4.69, 9.17) is 0 Å². The van der Waals surface area contributed by atoms with Crippen molar-refractivity contribution in [1.29, 1.82) is 0 Å². The molecule has 0 spiro atoms. The Hall–Kier alpha value is -0.0000000000000000555. The lowest BCUT2D eigenvalue weighted by atomic mass is 10.1. The van der Waals surface area contributed by atoms with Gasteiger partial charge in [-0.1, -0.05) is 0 Å². The number of hydrogen-bond donors (Lipinski definition) is 1. The molecule has 0 aromatic rings. The maximum absolute atomic E-state index is 11.0. The van der Waals surface area contributed by atoms with Crippen LogP contribution in [0.3, 0.4) is 0 Å². The molecule has 0 unspecified atom stereocenters. The van der Waals surface area contributed by atoms with Crippen LogP contribution in [0.15, 0.2) is 0 Å². The predicted molar refractivity (Wildman–Crippen MR) is 48.0 cm³/mol. The number of carbonyl (C=O) groups is 1. The third-order valence-electron chi connectivity index (χ3n) is 1.72. The molecule has 10 heavy (non-hydrogen) atoms. The lowest BCUT2D eigenvalue weighted by molar-refractivity contribution is 0.194. The van der Waals surface area contributed by atoms with E-state index in [1.54, 1.807) is 0 Å². The number of likely N-dealkylation sites (tertiary alicyclic amines) is 1. The number of hydrogen-bond acceptors (Lipinski definition) is 1. The topological polar surface area (TPSA) is 32.3 Å². The van der Waals surface area contributed by atoms with E-state index in [0.29, 0.717) is 0 Å². The van der Waals surface area contributed by atoms with Crippen molar-refractivity contribution in [1.82, 2.24) is 8.43 Å². The molecule has 0 saturated carbocycles. The van der Waals surface area contributed by atoms with Gasteiger partial charge >= 0.3 is 6.03 Å². The predicted octanol–water partition coefficient (Wildman–Crippen LogP) is 1.53. The third-order valence-corrected chi connectivity index (χ3v) is 2.19. The van der Waals surface area contributed by atoms with Gasteiger partial charge in [-0.25, -0.2) is 4.79 Å². The van der Waals surface area contributed by atoms with E-state index < -0.39 is 0 Å². The van der Waals surface area contributed by atoms with Crippen molar-refractivity contribution >= 4 is 28.9 Å². The molecule has 2 amide bonds. The Morgan fingerprint density at radius 1 is 1.30 bits per heavy atom. The first-order valence-electron chi connectivity index (χ1n) is 3.50. The molecule has 0 aromatic heterocycles. The lowest BCUT2D eigenvalue weighted by Crippen LogP contribution is -2.39. The fourth-order valence-corrected chi connectivity index (χ4v) is 1.50. The zero-order valence-corrected chi connectivity index (χ0v) is 7.93. The Kier molecular flexibility index (Phi) is 3.24. The second kappa shape index (κ2) is 4.00. The molecule has 4 heteroatoms. The molecule has 1 rings (SSSR count). The molecule has 0 radical (unpaired) electrons. The molecule has 58 valence electrons. The fraction of sp³-hybridized carbons (Fsp3) is 0.833. The van der Waals surface area contributed by atoms with E-state index in [9.17, 15) is 4.79 Å². The van der Waals surface area contributed by atoms with E-state index in [0.717, 1.165) is 25.9 Å². The summed E-state index contributed by atoms with van der Waals surface area (Å²) < 4.78 is 2.59. The molecule has 3 nitrogen and oxygen atoms in total. The molecule has 1 aliphatic heterocycles. The van der Waals surface area contributed by atoms with Crippen molar-refractivity contribution in [3.05, 3.63) is 0 Å². The summed E-state index contributed by atoms with van der Waals surface area (Å²) >= 11 is 1.87. The first-order valence-corrected chi connectivity index (χ1v) is 4.58. The second-order valence-corrected chi connectivity index (χ2v) is 2.99. The standard InChI is InChI=1S/C6H11IN2O/c7-8-6(10)9-4-2-1-3-5-9/h1-5H2,(H,8,10). The summed E-state index contributed by atoms with van der Waals surface area (Å²) in [4.78, 5) is 12.8. The van der Waals surface area contributed by atoms with Crippen molar-refractivity contribution in [2.75, 3.05) is 13.1 Å². The van der Waals surface area contributed by atoms with Crippen molar-refractivity contribution in [3.63, 3.8) is 0 Å². The highest BCUT2D eigenvalue weighted by molar-refractivity contribution is 14.1. The first-order chi connectivity index (χ1) is 4.84. The monoisotopic (exact) mass is 254 g/mol. The van der Waals surface area contributed by atoms with E-state index in [1.807, 2.05) is 27.8 Å². The van der Waals surface area contributed by atoms with Crippen LogP contribution < -0.4 is 3.53 Å². The minimum absolute atomic E-state index is 0.0558. The normalized spacial score (nSPS) is 18.7. The van der Waals surface area contributed by atoms with Gasteiger partial charge in [0.15, 0.2) is 0 Å². The van der Waals surface area contributed by atoms with Gasteiger partial charge in [-0.05, 0) is 19.3 Å². The van der Waals surface area contributed by atoms with Gasteiger partial charge < -0.3 is 4.90 Å². The maximum atomic E-state index is 11.0. The lowest BCUT2D eigenvalue weighted by Gasteiger charge is -2.25. The Bertz CT molecular complexity index is 123. The van der Waals surface area contributed by atoms with Crippen LogP contribution in [-0.2, 0) is 0 Å². The van der Waals surface area contributed by atoms with E-state index in [-0.39, 0.29) is 6.03 Å². The quantitative estimate of drug-likeness (QED) is 0.516. The molecular formula is C6H11IN2O. The number of urea groups is 1. The molecule has 0 aliphatic carbocycles. The summed E-state index contributed by atoms with van der Waals surface area (Å²) in [5, 5.41) is 0. The number of amides is 2. The average molecular weight is 254 g/mol. The SMILES string of the molecule is O=C(NI)N1CCCCC1. The number of nitrogens with one attached hydrogen (secondary N) is 1. The smallest absolute Gasteiger partial charge is 0.324 e. The minimum Gasteiger partial charge on any atom is -0.324 e. The van der Waals surface area contributed by atoms with Gasteiger partial charge in [-0.2, -0.15) is 0 Å². The number of rotatable bonds is 0. The molecule has 0 bridgehead atoms. The number of carbonyl (C=O) groups excluding carboxylic acids is 1. The van der Waals surface area contributed by atoms with Crippen LogP contribution in [0.5, 0.6) is 0 Å². The zero-order chi connectivity index (χ0) is 7.40. The number of piperidine rings is 1. The second-order valence-electron chi connectivity index (χ2n) is 2.45. The summed E-state index contributed by atoms with van der Waals surface area (Å²) in [5.41, 5.74) is 0. The van der Waals surface area contributed by atoms with Crippen molar-refractivity contribution < 1.29 is 4.79 Å². The minimum atomic E-state index is 0.0558. The summed E-state index contributed by atoms with van der Waals surface area (Å²) in [5.74, 6) is 0. The Balaban J connectivity index is 2.31. The number of nitrogens with zero attached hydrogens (tertiary/aromatic N) is 1. The van der Waals surface area contributed by atoms with Crippen LogP contribution in [-0.4, -0.2) is 24.0 Å². The van der Waals surface area contributed by atoms with E-state index in [1.165, 1.54) is 6.42 Å². The Morgan fingerprint density at radius 3 is 2.40 bits per heavy atom. The fourth-order valence-electron chi connectivity index (χ4n) is 1.16. The summed E-state index contributed by atoms with van der Waals surface area (Å²) in [7, 11) is 0. The van der Waals surface area contributed by atoms with Crippen LogP contribution in [0.2, 0.25) is 0 Å². The van der Waals surface area contributed by atoms with Crippen LogP contribution in [0.25, 0.3) is 0 Å². The molecular weight excluding hydrogens is 243 g/mol. The van der Waals surface area contributed by atoms with Gasteiger partial charge in [0.25, 0.3) is 0 Å². The maximum Gasteiger partial charge on any atom is 0.326 e.